The molecule has 1 N–H and O–H groups in total. The molecule has 0 fully saturated rings. The fourth-order valence-electron chi connectivity index (χ4n) is 1.88. The number of hydrogen-bond donors (Lipinski definition) is 1. The number of nitrogens with zero attached hydrogens (tertiary/aromatic N) is 3. The number of aliphatic hydroxyl groups is 1. The molecule has 0 spiro atoms. The monoisotopic (exact) mass is 379 g/mol. The highest BCUT2D eigenvalue weighted by Gasteiger charge is 2.38. The van der Waals surface area contributed by atoms with Crippen LogP contribution in [0, 0.1) is 0 Å². The van der Waals surface area contributed by atoms with Crippen LogP contribution in [0.15, 0.2) is 29.4 Å². The fraction of sp³-hybridized carbons (Fsp3) is 0.611. The fourth-order valence-corrected chi connectivity index (χ4v) is 2.90. The van der Waals surface area contributed by atoms with Gasteiger partial charge in [-0.1, -0.05) is 25.9 Å². The number of ether oxygens (including phenoxy) is 1. The van der Waals surface area contributed by atoms with Crippen molar-refractivity contribution >= 4 is 14.1 Å². The second kappa shape index (κ2) is 9.18. The van der Waals surface area contributed by atoms with E-state index in [-0.39, 0.29) is 24.0 Å². The van der Waals surface area contributed by atoms with Gasteiger partial charge in [-0.15, -0.1) is 0 Å². The van der Waals surface area contributed by atoms with Crippen LogP contribution in [-0.2, 0) is 4.43 Å². The van der Waals surface area contributed by atoms with Gasteiger partial charge in [-0.25, -0.2) is 0 Å². The maximum Gasteiger partial charge on any atom is 0.191 e. The molecule has 144 valence electrons. The van der Waals surface area contributed by atoms with Crippen LogP contribution < -0.4 is 4.74 Å². The summed E-state index contributed by atoms with van der Waals surface area (Å²) in [5.41, 5.74) is 9.36. The number of azide groups is 1. The zero-order valence-corrected chi connectivity index (χ0v) is 17.4. The first-order valence-electron chi connectivity index (χ1n) is 8.58. The summed E-state index contributed by atoms with van der Waals surface area (Å²) >= 11 is 0. The Morgan fingerprint density at radius 1 is 1.27 bits per heavy atom. The van der Waals surface area contributed by atoms with E-state index in [1.165, 1.54) is 6.92 Å². The summed E-state index contributed by atoms with van der Waals surface area (Å²) in [6.07, 6.45) is -0.997. The summed E-state index contributed by atoms with van der Waals surface area (Å²) in [5.74, 6) is 0.502. The second-order valence-corrected chi connectivity index (χ2v) is 12.6. The Morgan fingerprint density at radius 2 is 1.85 bits per heavy atom. The van der Waals surface area contributed by atoms with Crippen molar-refractivity contribution in [2.75, 3.05) is 13.2 Å². The van der Waals surface area contributed by atoms with Crippen LogP contribution in [0.2, 0.25) is 18.1 Å². The average molecular weight is 380 g/mol. The lowest BCUT2D eigenvalue weighted by molar-refractivity contribution is 0.0660. The summed E-state index contributed by atoms with van der Waals surface area (Å²) < 4.78 is 11.6. The highest BCUT2D eigenvalue weighted by atomic mass is 28.4. The summed E-state index contributed by atoms with van der Waals surface area (Å²) in [4.78, 5) is 14.1. The Labute approximate surface area is 156 Å². The van der Waals surface area contributed by atoms with Crippen molar-refractivity contribution in [2.45, 2.75) is 58.0 Å². The molecule has 2 atom stereocenters. The van der Waals surface area contributed by atoms with E-state index >= 15 is 0 Å². The van der Waals surface area contributed by atoms with Crippen molar-refractivity contribution < 1.29 is 19.1 Å². The van der Waals surface area contributed by atoms with Gasteiger partial charge in [0.1, 0.15) is 12.4 Å². The zero-order chi connectivity index (χ0) is 20.0. The van der Waals surface area contributed by atoms with Gasteiger partial charge in [0.05, 0.1) is 12.1 Å². The third kappa shape index (κ3) is 6.46. The molecule has 8 heteroatoms. The molecule has 26 heavy (non-hydrogen) atoms. The molecule has 7 nitrogen and oxygen atoms in total. The number of benzene rings is 1. The Morgan fingerprint density at radius 3 is 2.31 bits per heavy atom. The van der Waals surface area contributed by atoms with Gasteiger partial charge in [-0.3, -0.25) is 4.79 Å². The number of carbonyl (C=O) groups is 1. The van der Waals surface area contributed by atoms with Crippen molar-refractivity contribution in [1.82, 2.24) is 0 Å². The predicted molar refractivity (Wildman–Crippen MR) is 104 cm³/mol. The topological polar surface area (TPSA) is 105 Å². The molecule has 0 aliphatic rings. The van der Waals surface area contributed by atoms with Crippen LogP contribution in [0.5, 0.6) is 5.75 Å². The first-order chi connectivity index (χ1) is 12.0. The smallest absolute Gasteiger partial charge is 0.191 e. The third-order valence-electron chi connectivity index (χ3n) is 4.75. The second-order valence-electron chi connectivity index (χ2n) is 7.80. The average Bonchev–Trinajstić information content (AvgIpc) is 2.55. The molecule has 1 rings (SSSR count). The maximum absolute atomic E-state index is 11.3. The summed E-state index contributed by atoms with van der Waals surface area (Å²) in [6.45, 7) is 12.1. The first-order valence-corrected chi connectivity index (χ1v) is 11.5. The predicted octanol–water partition coefficient (Wildman–Crippen LogP) is 4.33. The summed E-state index contributed by atoms with van der Waals surface area (Å²) in [6, 6.07) is 5.92. The Kier molecular flexibility index (Phi) is 7.83. The lowest BCUT2D eigenvalue weighted by atomic mass is 10.1. The number of aliphatic hydroxyl groups excluding tert-OH is 1. The summed E-state index contributed by atoms with van der Waals surface area (Å²) in [5, 5.41) is 14.0. The standard InChI is InChI=1S/C18H29N3O4Si/c1-13(22)14-7-9-15(10-8-14)24-12-17(23)16(20-21-19)11-25-26(5,6)18(2,3)4/h7-10,16-17,23H,11-12H2,1-6H3/t16-,17+/m0/s1. The summed E-state index contributed by atoms with van der Waals surface area (Å²) in [7, 11) is -2.01. The van der Waals surface area contributed by atoms with Crippen molar-refractivity contribution in [1.29, 1.82) is 0 Å². The molecule has 0 amide bonds. The number of ketones is 1. The molecule has 0 aromatic heterocycles. The van der Waals surface area contributed by atoms with E-state index in [4.69, 9.17) is 14.7 Å². The lowest BCUT2D eigenvalue weighted by Gasteiger charge is -2.37. The van der Waals surface area contributed by atoms with E-state index in [2.05, 4.69) is 43.9 Å². The van der Waals surface area contributed by atoms with Crippen molar-refractivity contribution in [3.05, 3.63) is 40.3 Å². The molecule has 0 heterocycles. The SMILES string of the molecule is CC(=O)c1ccc(OC[C@@H](O)[C@H](CO[Si](C)(C)C(C)(C)C)N=[N+]=[N-])cc1. The Balaban J connectivity index is 2.66. The molecule has 0 saturated carbocycles. The highest BCUT2D eigenvalue weighted by Crippen LogP contribution is 2.36. The molecule has 1 aromatic carbocycles. The Hall–Kier alpha value is -1.86. The normalized spacial score (nSPS) is 14.3. The van der Waals surface area contributed by atoms with E-state index in [0.29, 0.717) is 11.3 Å². The van der Waals surface area contributed by atoms with Crippen LogP contribution >= 0.6 is 0 Å². The van der Waals surface area contributed by atoms with Gasteiger partial charge in [0.25, 0.3) is 0 Å². The minimum Gasteiger partial charge on any atom is -0.491 e. The van der Waals surface area contributed by atoms with Gasteiger partial charge in [0.15, 0.2) is 14.1 Å². The van der Waals surface area contributed by atoms with E-state index in [1.54, 1.807) is 24.3 Å². The molecule has 0 radical (unpaired) electrons. The molecule has 1 aromatic rings. The number of carbonyl (C=O) groups excluding carboxylic acids is 1. The van der Waals surface area contributed by atoms with Gasteiger partial charge in [0.2, 0.25) is 0 Å². The first kappa shape index (κ1) is 22.2. The molecule has 0 aliphatic heterocycles. The molecule has 0 unspecified atom stereocenters. The molecular weight excluding hydrogens is 350 g/mol. The van der Waals surface area contributed by atoms with Gasteiger partial charge < -0.3 is 14.3 Å². The van der Waals surface area contributed by atoms with E-state index in [1.807, 2.05) is 0 Å². The quantitative estimate of drug-likeness (QED) is 0.227. The van der Waals surface area contributed by atoms with Gasteiger partial charge in [-0.05, 0) is 54.9 Å². The third-order valence-corrected chi connectivity index (χ3v) is 9.25. The maximum atomic E-state index is 11.3. The Bertz CT molecular complexity index is 649. The number of rotatable bonds is 9. The zero-order valence-electron chi connectivity index (χ0n) is 16.4. The lowest BCUT2D eigenvalue weighted by Crippen LogP contribution is -2.44. The van der Waals surface area contributed by atoms with Crippen LogP contribution in [-0.4, -0.2) is 44.6 Å². The largest absolute Gasteiger partial charge is 0.491 e. The van der Waals surface area contributed by atoms with Crippen LogP contribution in [0.1, 0.15) is 38.1 Å². The minimum atomic E-state index is -2.01. The van der Waals surface area contributed by atoms with Crippen LogP contribution in [0.4, 0.5) is 0 Å². The van der Waals surface area contributed by atoms with Gasteiger partial charge in [0, 0.05) is 17.1 Å². The van der Waals surface area contributed by atoms with Crippen molar-refractivity contribution in [2.24, 2.45) is 5.11 Å². The van der Waals surface area contributed by atoms with Gasteiger partial charge in [-0.2, -0.15) is 0 Å². The molecule has 0 bridgehead atoms. The molecule has 0 saturated heterocycles. The number of hydrogen-bond acceptors (Lipinski definition) is 5. The van der Waals surface area contributed by atoms with E-state index < -0.39 is 20.5 Å². The van der Waals surface area contributed by atoms with E-state index in [0.717, 1.165) is 0 Å². The van der Waals surface area contributed by atoms with E-state index in [9.17, 15) is 9.90 Å². The minimum absolute atomic E-state index is 0.0216. The van der Waals surface area contributed by atoms with Crippen molar-refractivity contribution in [3.8, 4) is 5.75 Å². The molecule has 0 aliphatic carbocycles. The number of Topliss-reactive ketones (excluding diaryl/α,β-unsaturated/α-hetero) is 1. The van der Waals surface area contributed by atoms with Gasteiger partial charge >= 0.3 is 0 Å². The van der Waals surface area contributed by atoms with Crippen molar-refractivity contribution in [3.63, 3.8) is 0 Å². The molecular formula is C18H29N3O4Si. The van der Waals surface area contributed by atoms with Crippen LogP contribution in [0.3, 0.4) is 0 Å². The highest BCUT2D eigenvalue weighted by molar-refractivity contribution is 6.74. The van der Waals surface area contributed by atoms with Crippen LogP contribution in [0.25, 0.3) is 10.4 Å².